The summed E-state index contributed by atoms with van der Waals surface area (Å²) in [5.74, 6) is 0.380. The third kappa shape index (κ3) is 3.64. The molecule has 0 amide bonds. The quantitative estimate of drug-likeness (QED) is 0.837. The first-order valence-electron chi connectivity index (χ1n) is 6.41. The minimum absolute atomic E-state index is 0.380. The lowest BCUT2D eigenvalue weighted by Gasteiger charge is -2.19. The molecule has 2 heterocycles. The van der Waals surface area contributed by atoms with Crippen LogP contribution in [0.15, 0.2) is 0 Å². The average Bonchev–Trinajstić information content (AvgIpc) is 2.66. The maximum atomic E-state index is 11.6. The molecular formula is C11H20N4O2S2. The van der Waals surface area contributed by atoms with E-state index in [0.29, 0.717) is 25.6 Å². The van der Waals surface area contributed by atoms with Crippen molar-refractivity contribution >= 4 is 26.5 Å². The minimum atomic E-state index is -3.09. The molecule has 1 saturated heterocycles. The normalized spacial score (nSPS) is 18.8. The van der Waals surface area contributed by atoms with Crippen molar-refractivity contribution in [3.05, 3.63) is 5.01 Å². The van der Waals surface area contributed by atoms with Crippen LogP contribution in [-0.2, 0) is 10.0 Å². The fourth-order valence-corrected chi connectivity index (χ4v) is 3.78. The third-order valence-corrected chi connectivity index (χ3v) is 5.71. The monoisotopic (exact) mass is 304 g/mol. The van der Waals surface area contributed by atoms with Crippen LogP contribution in [0, 0.1) is 0 Å². The van der Waals surface area contributed by atoms with Gasteiger partial charge in [-0.05, 0) is 6.42 Å². The van der Waals surface area contributed by atoms with Crippen molar-refractivity contribution in [3.8, 4) is 0 Å². The molecule has 0 bridgehead atoms. The van der Waals surface area contributed by atoms with E-state index in [4.69, 9.17) is 0 Å². The van der Waals surface area contributed by atoms with Crippen LogP contribution in [0.4, 0.5) is 5.13 Å². The molecule has 8 heteroatoms. The maximum absolute atomic E-state index is 11.6. The molecule has 1 aliphatic rings. The molecule has 6 nitrogen and oxygen atoms in total. The van der Waals surface area contributed by atoms with E-state index < -0.39 is 10.0 Å². The molecule has 2 rings (SSSR count). The Labute approximate surface area is 118 Å². The summed E-state index contributed by atoms with van der Waals surface area (Å²) < 4.78 is 24.7. The summed E-state index contributed by atoms with van der Waals surface area (Å²) in [6.45, 7) is 6.81. The fraction of sp³-hybridized carbons (Fsp3) is 0.818. The van der Waals surface area contributed by atoms with E-state index in [2.05, 4.69) is 28.9 Å². The Balaban J connectivity index is 2.06. The zero-order valence-electron chi connectivity index (χ0n) is 11.5. The van der Waals surface area contributed by atoms with Gasteiger partial charge in [-0.2, -0.15) is 0 Å². The molecule has 1 aromatic heterocycles. The van der Waals surface area contributed by atoms with Gasteiger partial charge in [0.1, 0.15) is 5.01 Å². The second-order valence-electron chi connectivity index (χ2n) is 5.08. The number of anilines is 1. The number of hydrogen-bond acceptors (Lipinski definition) is 6. The van der Waals surface area contributed by atoms with E-state index in [1.54, 1.807) is 11.3 Å². The van der Waals surface area contributed by atoms with Crippen LogP contribution < -0.4 is 4.90 Å². The lowest BCUT2D eigenvalue weighted by atomic mass is 10.2. The average molecular weight is 304 g/mol. The van der Waals surface area contributed by atoms with Gasteiger partial charge < -0.3 is 4.90 Å². The summed E-state index contributed by atoms with van der Waals surface area (Å²) in [4.78, 5) is 2.13. The first-order valence-corrected chi connectivity index (χ1v) is 9.08. The van der Waals surface area contributed by atoms with Crippen molar-refractivity contribution in [2.75, 3.05) is 37.3 Å². The van der Waals surface area contributed by atoms with Gasteiger partial charge in [0.05, 0.1) is 6.26 Å². The number of aromatic nitrogens is 2. The molecule has 0 aromatic carbocycles. The van der Waals surface area contributed by atoms with Gasteiger partial charge >= 0.3 is 0 Å². The molecule has 1 fully saturated rings. The highest BCUT2D eigenvalue weighted by molar-refractivity contribution is 7.88. The lowest BCUT2D eigenvalue weighted by molar-refractivity contribution is 0.437. The molecule has 0 spiro atoms. The number of rotatable bonds is 3. The van der Waals surface area contributed by atoms with Crippen LogP contribution in [0.1, 0.15) is 31.2 Å². The zero-order valence-corrected chi connectivity index (χ0v) is 13.2. The van der Waals surface area contributed by atoms with E-state index in [0.717, 1.165) is 23.1 Å². The van der Waals surface area contributed by atoms with Gasteiger partial charge in [0.25, 0.3) is 0 Å². The summed E-state index contributed by atoms with van der Waals surface area (Å²) in [6.07, 6.45) is 2.09. The first kappa shape index (κ1) is 14.7. The summed E-state index contributed by atoms with van der Waals surface area (Å²) in [7, 11) is -3.09. The Kier molecular flexibility index (Phi) is 4.42. The molecule has 19 heavy (non-hydrogen) atoms. The molecular weight excluding hydrogens is 284 g/mol. The zero-order chi connectivity index (χ0) is 14.0. The van der Waals surface area contributed by atoms with Crippen molar-refractivity contribution in [2.45, 2.75) is 26.2 Å². The Hall–Kier alpha value is -0.730. The predicted molar refractivity (Wildman–Crippen MR) is 77.2 cm³/mol. The van der Waals surface area contributed by atoms with Gasteiger partial charge in [-0.25, -0.2) is 12.7 Å². The lowest BCUT2D eigenvalue weighted by Crippen LogP contribution is -2.34. The van der Waals surface area contributed by atoms with Gasteiger partial charge in [0.15, 0.2) is 0 Å². The van der Waals surface area contributed by atoms with Gasteiger partial charge in [0.2, 0.25) is 15.2 Å². The maximum Gasteiger partial charge on any atom is 0.211 e. The largest absolute Gasteiger partial charge is 0.345 e. The van der Waals surface area contributed by atoms with Gasteiger partial charge in [-0.1, -0.05) is 25.2 Å². The first-order chi connectivity index (χ1) is 8.88. The van der Waals surface area contributed by atoms with Crippen LogP contribution in [0.3, 0.4) is 0 Å². The second kappa shape index (κ2) is 5.72. The van der Waals surface area contributed by atoms with Crippen molar-refractivity contribution in [2.24, 2.45) is 0 Å². The summed E-state index contributed by atoms with van der Waals surface area (Å²) in [6, 6.07) is 0. The Morgan fingerprint density at radius 2 is 1.89 bits per heavy atom. The third-order valence-electron chi connectivity index (χ3n) is 3.12. The predicted octanol–water partition coefficient (Wildman–Crippen LogP) is 1.13. The van der Waals surface area contributed by atoms with Crippen molar-refractivity contribution in [3.63, 3.8) is 0 Å². The van der Waals surface area contributed by atoms with Crippen molar-refractivity contribution in [1.29, 1.82) is 0 Å². The SMILES string of the molecule is CC(C)c1nnc(N2CCCN(S(C)(=O)=O)CC2)s1. The molecule has 0 unspecified atom stereocenters. The fourth-order valence-electron chi connectivity index (χ4n) is 2.00. The molecule has 1 aliphatic heterocycles. The van der Waals surface area contributed by atoms with E-state index in [9.17, 15) is 8.42 Å². The summed E-state index contributed by atoms with van der Waals surface area (Å²) in [5.41, 5.74) is 0. The van der Waals surface area contributed by atoms with Crippen LogP contribution in [0.5, 0.6) is 0 Å². The number of sulfonamides is 1. The van der Waals surface area contributed by atoms with E-state index in [1.807, 2.05) is 0 Å². The molecule has 108 valence electrons. The molecule has 1 aromatic rings. The Morgan fingerprint density at radius 3 is 2.47 bits per heavy atom. The summed E-state index contributed by atoms with van der Waals surface area (Å²) >= 11 is 1.60. The van der Waals surface area contributed by atoms with Gasteiger partial charge in [-0.15, -0.1) is 10.2 Å². The number of hydrogen-bond donors (Lipinski definition) is 0. The highest BCUT2D eigenvalue weighted by atomic mass is 32.2. The highest BCUT2D eigenvalue weighted by Crippen LogP contribution is 2.26. The van der Waals surface area contributed by atoms with Crippen LogP contribution >= 0.6 is 11.3 Å². The molecule has 0 aliphatic carbocycles. The summed E-state index contributed by atoms with van der Waals surface area (Å²) in [5, 5.41) is 10.3. The van der Waals surface area contributed by atoms with Crippen molar-refractivity contribution in [1.82, 2.24) is 14.5 Å². The smallest absolute Gasteiger partial charge is 0.211 e. The topological polar surface area (TPSA) is 66.4 Å². The molecule has 0 saturated carbocycles. The standard InChI is InChI=1S/C11H20N4O2S2/c1-9(2)10-12-13-11(18-10)14-5-4-6-15(8-7-14)19(3,16)17/h9H,4-8H2,1-3H3. The van der Waals surface area contributed by atoms with Gasteiger partial charge in [0, 0.05) is 32.1 Å². The van der Waals surface area contributed by atoms with E-state index in [1.165, 1.54) is 10.6 Å². The van der Waals surface area contributed by atoms with Crippen molar-refractivity contribution < 1.29 is 8.42 Å². The number of nitrogens with zero attached hydrogens (tertiary/aromatic N) is 4. The second-order valence-corrected chi connectivity index (χ2v) is 8.05. The molecule has 0 radical (unpaired) electrons. The molecule has 0 atom stereocenters. The van der Waals surface area contributed by atoms with Gasteiger partial charge in [-0.3, -0.25) is 0 Å². The minimum Gasteiger partial charge on any atom is -0.345 e. The van der Waals surface area contributed by atoms with Crippen LogP contribution in [0.25, 0.3) is 0 Å². The highest BCUT2D eigenvalue weighted by Gasteiger charge is 2.23. The Bertz CT molecular complexity index is 527. The van der Waals surface area contributed by atoms with E-state index >= 15 is 0 Å². The van der Waals surface area contributed by atoms with E-state index in [-0.39, 0.29) is 0 Å². The van der Waals surface area contributed by atoms with Crippen LogP contribution in [0.2, 0.25) is 0 Å². The molecule has 0 N–H and O–H groups in total. The van der Waals surface area contributed by atoms with Crippen LogP contribution in [-0.4, -0.2) is 55.4 Å². The Morgan fingerprint density at radius 1 is 1.16 bits per heavy atom.